The number of aromatic nitrogens is 2. The molecule has 2 aromatic rings. The van der Waals surface area contributed by atoms with E-state index in [1.165, 1.54) is 11.3 Å². The first kappa shape index (κ1) is 16.5. The van der Waals surface area contributed by atoms with Gasteiger partial charge in [-0.05, 0) is 72.9 Å². The van der Waals surface area contributed by atoms with Crippen molar-refractivity contribution in [2.45, 2.75) is 19.8 Å². The molecular formula is C16H21BrClN3. The van der Waals surface area contributed by atoms with Gasteiger partial charge in [-0.1, -0.05) is 23.7 Å². The van der Waals surface area contributed by atoms with Gasteiger partial charge in [0, 0.05) is 12.1 Å². The fraction of sp³-hybridized carbons (Fsp3) is 0.438. The lowest BCUT2D eigenvalue weighted by Crippen LogP contribution is -2.23. The maximum atomic E-state index is 5.95. The molecule has 0 bridgehead atoms. The van der Waals surface area contributed by atoms with E-state index in [1.54, 1.807) is 0 Å². The Kier molecular flexibility index (Phi) is 5.85. The molecule has 1 atom stereocenters. The number of nitrogens with one attached hydrogen (secondary N) is 1. The summed E-state index contributed by atoms with van der Waals surface area (Å²) in [6.45, 7) is 3.00. The Balaban J connectivity index is 2.13. The van der Waals surface area contributed by atoms with Gasteiger partial charge in [0.1, 0.15) is 0 Å². The fourth-order valence-electron chi connectivity index (χ4n) is 2.63. The highest BCUT2D eigenvalue weighted by Gasteiger charge is 2.17. The molecule has 1 aromatic heterocycles. The van der Waals surface area contributed by atoms with Crippen LogP contribution in [0.2, 0.25) is 5.02 Å². The molecule has 1 aromatic carbocycles. The second kappa shape index (κ2) is 7.43. The standard InChI is InChI=1S/C16H21BrClN3/c1-11-16(17)15(21(3)20-11)9-13(10-19-2)8-12-4-6-14(18)7-5-12/h4-7,13,19H,8-10H2,1-3H3. The first-order valence-electron chi connectivity index (χ1n) is 7.08. The molecule has 114 valence electrons. The highest BCUT2D eigenvalue weighted by Crippen LogP contribution is 2.24. The number of halogens is 2. The van der Waals surface area contributed by atoms with Gasteiger partial charge in [0.05, 0.1) is 15.9 Å². The third kappa shape index (κ3) is 4.31. The molecule has 1 unspecified atom stereocenters. The number of nitrogens with zero attached hydrogens (tertiary/aromatic N) is 2. The average molecular weight is 371 g/mol. The van der Waals surface area contributed by atoms with Crippen molar-refractivity contribution in [3.05, 3.63) is 50.7 Å². The van der Waals surface area contributed by atoms with Crippen molar-refractivity contribution >= 4 is 27.5 Å². The largest absolute Gasteiger partial charge is 0.319 e. The topological polar surface area (TPSA) is 29.9 Å². The van der Waals surface area contributed by atoms with Gasteiger partial charge in [0.25, 0.3) is 0 Å². The summed E-state index contributed by atoms with van der Waals surface area (Å²) >= 11 is 9.61. The van der Waals surface area contributed by atoms with E-state index >= 15 is 0 Å². The number of benzene rings is 1. The minimum atomic E-state index is 0.516. The summed E-state index contributed by atoms with van der Waals surface area (Å²) in [5.74, 6) is 0.516. The molecular weight excluding hydrogens is 350 g/mol. The van der Waals surface area contributed by atoms with E-state index in [2.05, 4.69) is 38.5 Å². The molecule has 0 saturated heterocycles. The average Bonchev–Trinajstić information content (AvgIpc) is 2.68. The molecule has 1 heterocycles. The third-order valence-electron chi connectivity index (χ3n) is 3.67. The number of hydrogen-bond donors (Lipinski definition) is 1. The number of rotatable bonds is 6. The van der Waals surface area contributed by atoms with E-state index in [9.17, 15) is 0 Å². The highest BCUT2D eigenvalue weighted by atomic mass is 79.9. The van der Waals surface area contributed by atoms with E-state index in [0.717, 1.165) is 34.6 Å². The monoisotopic (exact) mass is 369 g/mol. The maximum absolute atomic E-state index is 5.95. The summed E-state index contributed by atoms with van der Waals surface area (Å²) in [7, 11) is 4.00. The molecule has 5 heteroatoms. The van der Waals surface area contributed by atoms with Crippen LogP contribution in [0.4, 0.5) is 0 Å². The minimum absolute atomic E-state index is 0.516. The van der Waals surface area contributed by atoms with Crippen LogP contribution < -0.4 is 5.32 Å². The molecule has 21 heavy (non-hydrogen) atoms. The smallest absolute Gasteiger partial charge is 0.0738 e. The van der Waals surface area contributed by atoms with Gasteiger partial charge in [-0.15, -0.1) is 0 Å². The molecule has 0 radical (unpaired) electrons. The lowest BCUT2D eigenvalue weighted by Gasteiger charge is -2.17. The summed E-state index contributed by atoms with van der Waals surface area (Å²) in [5, 5.41) is 8.55. The maximum Gasteiger partial charge on any atom is 0.0738 e. The van der Waals surface area contributed by atoms with Crippen LogP contribution in [-0.4, -0.2) is 23.4 Å². The molecule has 0 fully saturated rings. The molecule has 3 nitrogen and oxygen atoms in total. The molecule has 0 spiro atoms. The van der Waals surface area contributed by atoms with E-state index in [1.807, 2.05) is 37.8 Å². The molecule has 0 aliphatic heterocycles. The second-order valence-electron chi connectivity index (χ2n) is 5.43. The predicted molar refractivity (Wildman–Crippen MR) is 91.9 cm³/mol. The highest BCUT2D eigenvalue weighted by molar-refractivity contribution is 9.10. The molecule has 1 N–H and O–H groups in total. The molecule has 0 saturated carbocycles. The number of aryl methyl sites for hydroxylation is 2. The molecule has 2 rings (SSSR count). The summed E-state index contributed by atoms with van der Waals surface area (Å²) in [6, 6.07) is 8.12. The van der Waals surface area contributed by atoms with E-state index in [4.69, 9.17) is 11.6 Å². The van der Waals surface area contributed by atoms with Gasteiger partial charge in [-0.2, -0.15) is 5.10 Å². The fourth-order valence-corrected chi connectivity index (χ4v) is 3.26. The van der Waals surface area contributed by atoms with Crippen LogP contribution in [-0.2, 0) is 19.9 Å². The summed E-state index contributed by atoms with van der Waals surface area (Å²) in [4.78, 5) is 0. The van der Waals surface area contributed by atoms with Gasteiger partial charge in [-0.25, -0.2) is 0 Å². The number of hydrogen-bond acceptors (Lipinski definition) is 2. The van der Waals surface area contributed by atoms with E-state index in [-0.39, 0.29) is 0 Å². The molecule has 0 aliphatic rings. The van der Waals surface area contributed by atoms with Crippen molar-refractivity contribution in [2.24, 2.45) is 13.0 Å². The Morgan fingerprint density at radius 2 is 1.95 bits per heavy atom. The van der Waals surface area contributed by atoms with E-state index in [0.29, 0.717) is 5.92 Å². The van der Waals surface area contributed by atoms with Crippen molar-refractivity contribution in [1.82, 2.24) is 15.1 Å². The molecule has 0 aliphatic carbocycles. The van der Waals surface area contributed by atoms with Crippen LogP contribution in [0.15, 0.2) is 28.7 Å². The van der Waals surface area contributed by atoms with Gasteiger partial charge < -0.3 is 5.32 Å². The van der Waals surface area contributed by atoms with Crippen LogP contribution in [0.3, 0.4) is 0 Å². The zero-order valence-corrected chi connectivity index (χ0v) is 15.0. The van der Waals surface area contributed by atoms with Gasteiger partial charge >= 0.3 is 0 Å². The Morgan fingerprint density at radius 1 is 1.29 bits per heavy atom. The zero-order chi connectivity index (χ0) is 15.4. The lowest BCUT2D eigenvalue weighted by molar-refractivity contribution is 0.476. The van der Waals surface area contributed by atoms with Crippen LogP contribution in [0, 0.1) is 12.8 Å². The summed E-state index contributed by atoms with van der Waals surface area (Å²) in [6.07, 6.45) is 2.01. The zero-order valence-electron chi connectivity index (χ0n) is 12.7. The van der Waals surface area contributed by atoms with Crippen molar-refractivity contribution in [2.75, 3.05) is 13.6 Å². The van der Waals surface area contributed by atoms with Crippen LogP contribution in [0.1, 0.15) is 17.0 Å². The minimum Gasteiger partial charge on any atom is -0.319 e. The summed E-state index contributed by atoms with van der Waals surface area (Å²) < 4.78 is 3.10. The predicted octanol–water partition coefficient (Wildman–Crippen LogP) is 3.77. The van der Waals surface area contributed by atoms with Gasteiger partial charge in [0.2, 0.25) is 0 Å². The van der Waals surface area contributed by atoms with Gasteiger partial charge in [-0.3, -0.25) is 4.68 Å². The van der Waals surface area contributed by atoms with Crippen LogP contribution >= 0.6 is 27.5 Å². The SMILES string of the molecule is CNCC(Cc1ccc(Cl)cc1)Cc1c(Br)c(C)nn1C. The Hall–Kier alpha value is -0.840. The van der Waals surface area contributed by atoms with E-state index < -0.39 is 0 Å². The van der Waals surface area contributed by atoms with Crippen molar-refractivity contribution in [3.63, 3.8) is 0 Å². The van der Waals surface area contributed by atoms with Crippen molar-refractivity contribution in [3.8, 4) is 0 Å². The first-order chi connectivity index (χ1) is 10.0. The second-order valence-corrected chi connectivity index (χ2v) is 6.66. The Morgan fingerprint density at radius 3 is 2.48 bits per heavy atom. The summed E-state index contributed by atoms with van der Waals surface area (Å²) in [5.41, 5.74) is 3.61. The Labute approximate surface area is 139 Å². The first-order valence-corrected chi connectivity index (χ1v) is 8.25. The van der Waals surface area contributed by atoms with Gasteiger partial charge in [0.15, 0.2) is 0 Å². The van der Waals surface area contributed by atoms with Crippen LogP contribution in [0.5, 0.6) is 0 Å². The Bertz CT molecular complexity index is 592. The normalized spacial score (nSPS) is 12.6. The van der Waals surface area contributed by atoms with Crippen molar-refractivity contribution < 1.29 is 0 Å². The third-order valence-corrected chi connectivity index (χ3v) is 4.96. The molecule has 0 amide bonds. The quantitative estimate of drug-likeness (QED) is 0.839. The lowest BCUT2D eigenvalue weighted by atomic mass is 9.94. The van der Waals surface area contributed by atoms with Crippen LogP contribution in [0.25, 0.3) is 0 Å². The van der Waals surface area contributed by atoms with Crippen molar-refractivity contribution in [1.29, 1.82) is 0 Å².